The fourth-order valence-corrected chi connectivity index (χ4v) is 3.96. The Morgan fingerprint density at radius 3 is 2.50 bits per heavy atom. The van der Waals surface area contributed by atoms with Crippen LogP contribution in [0.25, 0.3) is 16.9 Å². The second kappa shape index (κ2) is 7.15. The van der Waals surface area contributed by atoms with Crippen molar-refractivity contribution in [1.29, 1.82) is 0 Å². The molecule has 1 aliphatic heterocycles. The highest BCUT2D eigenvalue weighted by molar-refractivity contribution is 5.96. The summed E-state index contributed by atoms with van der Waals surface area (Å²) in [6, 6.07) is 22.7. The molecule has 4 aromatic rings. The van der Waals surface area contributed by atoms with Gasteiger partial charge in [0.1, 0.15) is 17.4 Å². The van der Waals surface area contributed by atoms with E-state index in [1.165, 1.54) is 12.1 Å². The lowest BCUT2D eigenvalue weighted by Gasteiger charge is -2.25. The Kier molecular flexibility index (Phi) is 4.32. The summed E-state index contributed by atoms with van der Waals surface area (Å²) in [6.45, 7) is 0. The van der Waals surface area contributed by atoms with Gasteiger partial charge >= 0.3 is 0 Å². The maximum Gasteiger partial charge on any atom is 0.226 e. The molecule has 5 nitrogen and oxygen atoms in total. The molecular formula is C24H18FN3O2. The Morgan fingerprint density at radius 1 is 1.00 bits per heavy atom. The van der Waals surface area contributed by atoms with Crippen LogP contribution in [0.3, 0.4) is 0 Å². The third-order valence-corrected chi connectivity index (χ3v) is 5.31. The van der Waals surface area contributed by atoms with Crippen LogP contribution in [0.1, 0.15) is 23.5 Å². The number of halogens is 1. The fraction of sp³-hybridized carbons (Fsp3) is 0.0833. The molecule has 0 saturated heterocycles. The number of aromatic nitrogens is 2. The number of hydrogen-bond donors (Lipinski definition) is 2. The molecule has 3 aromatic carbocycles. The molecule has 2 N–H and O–H groups in total. The highest BCUT2D eigenvalue weighted by Crippen LogP contribution is 2.44. The van der Waals surface area contributed by atoms with Crippen LogP contribution >= 0.6 is 0 Å². The van der Waals surface area contributed by atoms with Crippen LogP contribution in [0.5, 0.6) is 5.75 Å². The molecule has 0 unspecified atom stereocenters. The molecule has 30 heavy (non-hydrogen) atoms. The van der Waals surface area contributed by atoms with E-state index in [2.05, 4.69) is 5.32 Å². The summed E-state index contributed by atoms with van der Waals surface area (Å²) >= 11 is 0. The minimum atomic E-state index is -0.343. The molecule has 148 valence electrons. The van der Waals surface area contributed by atoms with Crippen LogP contribution in [0.2, 0.25) is 0 Å². The lowest BCUT2D eigenvalue weighted by atomic mass is 9.84. The van der Waals surface area contributed by atoms with Gasteiger partial charge in [0.05, 0.1) is 11.4 Å². The standard InChI is InChI=1S/C24H18FN3O2/c25-17-9-11-18(12-10-17)28-24-22(23(27-28)15-5-2-1-3-6-15)20(14-21(30)26-24)16-7-4-8-19(29)13-16/h1-13,20,29H,14H2,(H,26,30)/t20-/m0/s1. The number of aromatic hydroxyl groups is 1. The van der Waals surface area contributed by atoms with E-state index < -0.39 is 0 Å². The van der Waals surface area contributed by atoms with E-state index in [4.69, 9.17) is 5.10 Å². The number of fused-ring (bicyclic) bond motifs is 1. The monoisotopic (exact) mass is 399 g/mol. The van der Waals surface area contributed by atoms with Gasteiger partial charge in [-0.15, -0.1) is 0 Å². The molecule has 0 bridgehead atoms. The zero-order chi connectivity index (χ0) is 20.7. The number of rotatable bonds is 3. The summed E-state index contributed by atoms with van der Waals surface area (Å²) in [6.07, 6.45) is 0.241. The average molecular weight is 399 g/mol. The molecular weight excluding hydrogens is 381 g/mol. The van der Waals surface area contributed by atoms with Crippen molar-refractivity contribution in [3.8, 4) is 22.7 Å². The molecule has 0 fully saturated rings. The summed E-state index contributed by atoms with van der Waals surface area (Å²) in [5.41, 5.74) is 4.00. The number of hydrogen-bond acceptors (Lipinski definition) is 3. The van der Waals surface area contributed by atoms with Crippen molar-refractivity contribution >= 4 is 11.7 Å². The van der Waals surface area contributed by atoms with E-state index in [0.29, 0.717) is 11.5 Å². The van der Waals surface area contributed by atoms with Crippen molar-refractivity contribution in [1.82, 2.24) is 9.78 Å². The predicted octanol–water partition coefficient (Wildman–Crippen LogP) is 4.86. The van der Waals surface area contributed by atoms with Crippen molar-refractivity contribution in [3.05, 3.63) is 95.8 Å². The number of amides is 1. The van der Waals surface area contributed by atoms with Crippen molar-refractivity contribution in [2.75, 3.05) is 5.32 Å². The van der Waals surface area contributed by atoms with E-state index >= 15 is 0 Å². The predicted molar refractivity (Wildman–Crippen MR) is 112 cm³/mol. The molecule has 5 rings (SSSR count). The number of phenols is 1. The zero-order valence-electron chi connectivity index (χ0n) is 15.9. The zero-order valence-corrected chi connectivity index (χ0v) is 15.9. The van der Waals surface area contributed by atoms with Gasteiger partial charge in [0.15, 0.2) is 0 Å². The Morgan fingerprint density at radius 2 is 1.77 bits per heavy atom. The van der Waals surface area contributed by atoms with E-state index in [-0.39, 0.29) is 29.8 Å². The number of nitrogens with one attached hydrogen (secondary N) is 1. The molecule has 1 amide bonds. The van der Waals surface area contributed by atoms with Gasteiger partial charge in [0, 0.05) is 23.5 Å². The minimum Gasteiger partial charge on any atom is -0.508 e. The first-order chi connectivity index (χ1) is 14.6. The molecule has 6 heteroatoms. The molecule has 1 aromatic heterocycles. The van der Waals surface area contributed by atoms with Crippen LogP contribution in [-0.2, 0) is 4.79 Å². The Labute approximate surface area is 172 Å². The first kappa shape index (κ1) is 18.1. The number of anilines is 1. The van der Waals surface area contributed by atoms with Crippen LogP contribution < -0.4 is 5.32 Å². The van der Waals surface area contributed by atoms with Gasteiger partial charge in [-0.05, 0) is 42.0 Å². The molecule has 2 heterocycles. The third-order valence-electron chi connectivity index (χ3n) is 5.31. The van der Waals surface area contributed by atoms with Gasteiger partial charge in [-0.2, -0.15) is 5.10 Å². The summed E-state index contributed by atoms with van der Waals surface area (Å²) in [4.78, 5) is 12.6. The highest BCUT2D eigenvalue weighted by atomic mass is 19.1. The van der Waals surface area contributed by atoms with E-state index in [1.807, 2.05) is 36.4 Å². The molecule has 0 spiro atoms. The second-order valence-electron chi connectivity index (χ2n) is 7.27. The summed E-state index contributed by atoms with van der Waals surface area (Å²) < 4.78 is 15.1. The lowest BCUT2D eigenvalue weighted by Crippen LogP contribution is -2.24. The van der Waals surface area contributed by atoms with Crippen molar-refractivity contribution in [2.24, 2.45) is 0 Å². The summed E-state index contributed by atoms with van der Waals surface area (Å²) in [7, 11) is 0. The number of carbonyl (C=O) groups is 1. The normalized spacial score (nSPS) is 15.5. The molecule has 0 radical (unpaired) electrons. The van der Waals surface area contributed by atoms with Gasteiger partial charge in [-0.1, -0.05) is 42.5 Å². The third kappa shape index (κ3) is 3.12. The Balaban J connectivity index is 1.77. The Hall–Kier alpha value is -3.93. The molecule has 0 saturated carbocycles. The van der Waals surface area contributed by atoms with Crippen LogP contribution in [0.15, 0.2) is 78.9 Å². The minimum absolute atomic E-state index is 0.140. The van der Waals surface area contributed by atoms with Crippen molar-refractivity contribution < 1.29 is 14.3 Å². The number of nitrogens with zero attached hydrogens (tertiary/aromatic N) is 2. The van der Waals surface area contributed by atoms with Gasteiger partial charge in [-0.25, -0.2) is 9.07 Å². The topological polar surface area (TPSA) is 67.1 Å². The largest absolute Gasteiger partial charge is 0.508 e. The quantitative estimate of drug-likeness (QED) is 0.517. The number of benzene rings is 3. The fourth-order valence-electron chi connectivity index (χ4n) is 3.96. The van der Waals surface area contributed by atoms with Crippen LogP contribution in [-0.4, -0.2) is 20.8 Å². The van der Waals surface area contributed by atoms with E-state index in [9.17, 15) is 14.3 Å². The first-order valence-electron chi connectivity index (χ1n) is 9.63. The van der Waals surface area contributed by atoms with Crippen LogP contribution in [0, 0.1) is 5.82 Å². The maximum atomic E-state index is 13.5. The number of carbonyl (C=O) groups excluding carboxylic acids is 1. The van der Waals surface area contributed by atoms with Gasteiger partial charge in [0.25, 0.3) is 0 Å². The van der Waals surface area contributed by atoms with Crippen molar-refractivity contribution in [2.45, 2.75) is 12.3 Å². The highest BCUT2D eigenvalue weighted by Gasteiger charge is 2.34. The lowest BCUT2D eigenvalue weighted by molar-refractivity contribution is -0.116. The van der Waals surface area contributed by atoms with E-state index in [0.717, 1.165) is 22.4 Å². The molecule has 0 aliphatic carbocycles. The SMILES string of the molecule is O=C1C[C@@H](c2cccc(O)c2)c2c(-c3ccccc3)nn(-c3ccc(F)cc3)c2N1. The van der Waals surface area contributed by atoms with Gasteiger partial charge in [0.2, 0.25) is 5.91 Å². The number of phenolic OH excluding ortho intramolecular Hbond substituents is 1. The van der Waals surface area contributed by atoms with Crippen molar-refractivity contribution in [3.63, 3.8) is 0 Å². The second-order valence-corrected chi connectivity index (χ2v) is 7.27. The average Bonchev–Trinajstić information content (AvgIpc) is 3.13. The maximum absolute atomic E-state index is 13.5. The molecule has 1 atom stereocenters. The smallest absolute Gasteiger partial charge is 0.226 e. The molecule has 1 aliphatic rings. The van der Waals surface area contributed by atoms with Crippen LogP contribution in [0.4, 0.5) is 10.2 Å². The van der Waals surface area contributed by atoms with Gasteiger partial charge in [-0.3, -0.25) is 4.79 Å². The summed E-state index contributed by atoms with van der Waals surface area (Å²) in [5.74, 6) is -0.0500. The van der Waals surface area contributed by atoms with E-state index in [1.54, 1.807) is 35.0 Å². The first-order valence-corrected chi connectivity index (χ1v) is 9.63. The Bertz CT molecular complexity index is 1230. The summed E-state index contributed by atoms with van der Waals surface area (Å²) in [5, 5.41) is 17.8. The van der Waals surface area contributed by atoms with Gasteiger partial charge < -0.3 is 10.4 Å².